The van der Waals surface area contributed by atoms with Gasteiger partial charge in [-0.3, -0.25) is 9.10 Å². The lowest BCUT2D eigenvalue weighted by Crippen LogP contribution is -2.43. The van der Waals surface area contributed by atoms with Crippen molar-refractivity contribution in [2.75, 3.05) is 30.2 Å². The van der Waals surface area contributed by atoms with Gasteiger partial charge in [-0.15, -0.1) is 0 Å². The van der Waals surface area contributed by atoms with E-state index in [0.717, 1.165) is 31.2 Å². The maximum atomic E-state index is 13.9. The quantitative estimate of drug-likeness (QED) is 0.725. The maximum Gasteiger partial charge on any atom is 0.243 e. The fourth-order valence-electron chi connectivity index (χ4n) is 2.19. The molecular weight excluding hydrogens is 326 g/mol. The van der Waals surface area contributed by atoms with Crippen molar-refractivity contribution < 1.29 is 22.0 Å². The molecule has 0 aliphatic carbocycles. The molecule has 0 heterocycles. The van der Waals surface area contributed by atoms with Gasteiger partial charge < -0.3 is 4.90 Å². The summed E-state index contributed by atoms with van der Waals surface area (Å²) in [5.41, 5.74) is -0.338. The number of hydrogen-bond acceptors (Lipinski definition) is 3. The van der Waals surface area contributed by atoms with Crippen LogP contribution in [0.4, 0.5) is 14.5 Å². The first kappa shape index (κ1) is 19.3. The Kier molecular flexibility index (Phi) is 6.93. The van der Waals surface area contributed by atoms with Gasteiger partial charge in [0, 0.05) is 19.2 Å². The number of carbonyl (C=O) groups is 1. The van der Waals surface area contributed by atoms with Gasteiger partial charge in [0.25, 0.3) is 0 Å². The van der Waals surface area contributed by atoms with Crippen molar-refractivity contribution in [1.82, 2.24) is 4.90 Å². The topological polar surface area (TPSA) is 57.7 Å². The molecule has 0 aromatic heterocycles. The van der Waals surface area contributed by atoms with Crippen LogP contribution in [-0.2, 0) is 14.8 Å². The van der Waals surface area contributed by atoms with Crippen molar-refractivity contribution in [3.63, 3.8) is 0 Å². The zero-order valence-electron chi connectivity index (χ0n) is 13.6. The molecule has 1 aromatic rings. The highest BCUT2D eigenvalue weighted by Gasteiger charge is 2.26. The molecular formula is C15H22F2N2O3S. The lowest BCUT2D eigenvalue weighted by molar-refractivity contribution is -0.129. The number of rotatable bonds is 8. The molecule has 0 saturated carbocycles. The van der Waals surface area contributed by atoms with E-state index in [1.165, 1.54) is 0 Å². The summed E-state index contributed by atoms with van der Waals surface area (Å²) in [6.07, 6.45) is 2.35. The first-order valence-corrected chi connectivity index (χ1v) is 9.26. The molecule has 0 aliphatic rings. The number of hydrogen-bond donors (Lipinski definition) is 0. The van der Waals surface area contributed by atoms with Gasteiger partial charge in [-0.25, -0.2) is 17.2 Å². The Bertz CT molecular complexity index is 644. The third kappa shape index (κ3) is 5.46. The van der Waals surface area contributed by atoms with Gasteiger partial charge >= 0.3 is 0 Å². The van der Waals surface area contributed by atoms with E-state index >= 15 is 0 Å². The van der Waals surface area contributed by atoms with E-state index in [0.29, 0.717) is 23.5 Å². The van der Waals surface area contributed by atoms with E-state index in [1.54, 1.807) is 4.90 Å². The molecule has 0 N–H and O–H groups in total. The van der Waals surface area contributed by atoms with Crippen LogP contribution >= 0.6 is 0 Å². The van der Waals surface area contributed by atoms with Gasteiger partial charge in [-0.05, 0) is 25.0 Å². The number of nitrogens with zero attached hydrogens (tertiary/aromatic N) is 2. The highest BCUT2D eigenvalue weighted by Crippen LogP contribution is 2.22. The predicted octanol–water partition coefficient (Wildman–Crippen LogP) is 2.38. The van der Waals surface area contributed by atoms with Gasteiger partial charge in [0.1, 0.15) is 18.2 Å². The minimum absolute atomic E-state index is 0.338. The van der Waals surface area contributed by atoms with Crippen LogP contribution in [0.1, 0.15) is 26.7 Å². The van der Waals surface area contributed by atoms with Gasteiger partial charge in [0.2, 0.25) is 15.9 Å². The number of carbonyl (C=O) groups excluding carboxylic acids is 1. The normalized spacial score (nSPS) is 11.3. The van der Waals surface area contributed by atoms with E-state index < -0.39 is 34.1 Å². The van der Waals surface area contributed by atoms with Crippen LogP contribution in [0.25, 0.3) is 0 Å². The SMILES string of the molecule is CCCN(CCC)C(=O)CN(c1ccc(F)cc1F)S(C)(=O)=O. The van der Waals surface area contributed by atoms with Crippen molar-refractivity contribution in [3.05, 3.63) is 29.8 Å². The van der Waals surface area contributed by atoms with E-state index in [9.17, 15) is 22.0 Å². The molecule has 1 amide bonds. The van der Waals surface area contributed by atoms with Crippen LogP contribution in [0.15, 0.2) is 18.2 Å². The zero-order valence-corrected chi connectivity index (χ0v) is 14.4. The molecule has 8 heteroatoms. The smallest absolute Gasteiger partial charge is 0.243 e. The van der Waals surface area contributed by atoms with Crippen LogP contribution < -0.4 is 4.31 Å². The minimum atomic E-state index is -3.89. The van der Waals surface area contributed by atoms with E-state index in [2.05, 4.69) is 0 Å². The van der Waals surface area contributed by atoms with Gasteiger partial charge in [0.05, 0.1) is 11.9 Å². The van der Waals surface area contributed by atoms with Gasteiger partial charge in [-0.1, -0.05) is 13.8 Å². The Morgan fingerprint density at radius 2 is 1.70 bits per heavy atom. The third-order valence-electron chi connectivity index (χ3n) is 3.20. The lowest BCUT2D eigenvalue weighted by atomic mass is 10.3. The molecule has 0 aliphatic heterocycles. The summed E-state index contributed by atoms with van der Waals surface area (Å²) in [5, 5.41) is 0. The van der Waals surface area contributed by atoms with Crippen LogP contribution in [-0.4, -0.2) is 45.1 Å². The molecule has 1 aromatic carbocycles. The van der Waals surface area contributed by atoms with Crippen molar-refractivity contribution >= 4 is 21.6 Å². The van der Waals surface area contributed by atoms with Crippen molar-refractivity contribution in [3.8, 4) is 0 Å². The summed E-state index contributed by atoms with van der Waals surface area (Å²) in [5.74, 6) is -2.26. The first-order chi connectivity index (χ1) is 10.7. The minimum Gasteiger partial charge on any atom is -0.341 e. The number of halogens is 2. The van der Waals surface area contributed by atoms with Crippen molar-refractivity contribution in [2.45, 2.75) is 26.7 Å². The number of amides is 1. The average molecular weight is 348 g/mol. The molecule has 0 spiro atoms. The molecule has 5 nitrogen and oxygen atoms in total. The molecule has 0 fully saturated rings. The summed E-state index contributed by atoms with van der Waals surface area (Å²) >= 11 is 0. The standard InChI is InChI=1S/C15H22F2N2O3S/c1-4-8-18(9-5-2)15(20)11-19(23(3,21)22)14-7-6-12(16)10-13(14)17/h6-7,10H,4-5,8-9,11H2,1-3H3. The van der Waals surface area contributed by atoms with Gasteiger partial charge in [-0.2, -0.15) is 0 Å². The largest absolute Gasteiger partial charge is 0.341 e. The summed E-state index contributed by atoms with van der Waals surface area (Å²) in [7, 11) is -3.89. The molecule has 1 rings (SSSR count). The second kappa shape index (κ2) is 8.24. The maximum absolute atomic E-state index is 13.9. The number of anilines is 1. The summed E-state index contributed by atoms with van der Waals surface area (Å²) < 4.78 is 51.5. The average Bonchev–Trinajstić information content (AvgIpc) is 2.44. The number of sulfonamides is 1. The molecule has 0 atom stereocenters. The lowest BCUT2D eigenvalue weighted by Gasteiger charge is -2.27. The van der Waals surface area contributed by atoms with E-state index in [-0.39, 0.29) is 5.69 Å². The Morgan fingerprint density at radius 3 is 2.13 bits per heavy atom. The molecule has 23 heavy (non-hydrogen) atoms. The second-order valence-electron chi connectivity index (χ2n) is 5.25. The Hall–Kier alpha value is -1.70. The molecule has 0 radical (unpaired) electrons. The Labute approximate surface area is 135 Å². The van der Waals surface area contributed by atoms with E-state index in [4.69, 9.17) is 0 Å². The fraction of sp³-hybridized carbons (Fsp3) is 0.533. The fourth-order valence-corrected chi connectivity index (χ4v) is 3.04. The molecule has 0 bridgehead atoms. The van der Waals surface area contributed by atoms with Gasteiger partial charge in [0.15, 0.2) is 0 Å². The first-order valence-electron chi connectivity index (χ1n) is 7.41. The molecule has 0 saturated heterocycles. The Balaban J connectivity index is 3.11. The highest BCUT2D eigenvalue weighted by atomic mass is 32.2. The summed E-state index contributed by atoms with van der Waals surface area (Å²) in [4.78, 5) is 13.9. The van der Waals surface area contributed by atoms with Crippen LogP contribution in [0.3, 0.4) is 0 Å². The Morgan fingerprint density at radius 1 is 1.13 bits per heavy atom. The molecule has 0 unspecified atom stereocenters. The van der Waals surface area contributed by atoms with Crippen LogP contribution in [0.2, 0.25) is 0 Å². The van der Waals surface area contributed by atoms with Crippen molar-refractivity contribution in [1.29, 1.82) is 0 Å². The number of benzene rings is 1. The third-order valence-corrected chi connectivity index (χ3v) is 4.32. The highest BCUT2D eigenvalue weighted by molar-refractivity contribution is 7.92. The van der Waals surface area contributed by atoms with E-state index in [1.807, 2.05) is 13.8 Å². The predicted molar refractivity (Wildman–Crippen MR) is 85.7 cm³/mol. The monoisotopic (exact) mass is 348 g/mol. The summed E-state index contributed by atoms with van der Waals surface area (Å²) in [6, 6.07) is 2.56. The van der Waals surface area contributed by atoms with Crippen LogP contribution in [0, 0.1) is 11.6 Å². The second-order valence-corrected chi connectivity index (χ2v) is 7.15. The van der Waals surface area contributed by atoms with Crippen molar-refractivity contribution in [2.24, 2.45) is 0 Å². The van der Waals surface area contributed by atoms with Crippen LogP contribution in [0.5, 0.6) is 0 Å². The zero-order chi connectivity index (χ0) is 17.6. The molecule has 130 valence electrons. The summed E-state index contributed by atoms with van der Waals surface area (Å²) in [6.45, 7) is 4.29.